The van der Waals surface area contributed by atoms with Crippen LogP contribution in [-0.2, 0) is 17.9 Å². The number of nitrogens with two attached hydrogens (primary N) is 1. The van der Waals surface area contributed by atoms with E-state index in [1.807, 2.05) is 24.3 Å². The number of ether oxygens (including phenoxy) is 1. The first kappa shape index (κ1) is 20.8. The average molecular weight is 433 g/mol. The molecular weight excluding hydrogens is 415 g/mol. The molecule has 29 heavy (non-hydrogen) atoms. The summed E-state index contributed by atoms with van der Waals surface area (Å²) in [6, 6.07) is 15.5. The molecule has 0 amide bonds. The van der Waals surface area contributed by atoms with E-state index >= 15 is 0 Å². The van der Waals surface area contributed by atoms with E-state index in [-0.39, 0.29) is 18.2 Å². The maximum Gasteiger partial charge on any atom is 0.400 e. The van der Waals surface area contributed by atoms with Crippen molar-refractivity contribution in [2.75, 3.05) is 0 Å². The molecule has 0 aliphatic rings. The smallest absolute Gasteiger partial charge is 0.400 e. The molecule has 0 bridgehead atoms. The van der Waals surface area contributed by atoms with E-state index in [1.54, 1.807) is 18.2 Å². The van der Waals surface area contributed by atoms with Gasteiger partial charge in [-0.05, 0) is 54.4 Å². The van der Waals surface area contributed by atoms with Crippen molar-refractivity contribution in [3.63, 3.8) is 0 Å². The molecule has 150 valence electrons. The third kappa shape index (κ3) is 5.53. The second-order valence-electron chi connectivity index (χ2n) is 6.03. The third-order valence-electron chi connectivity index (χ3n) is 4.01. The molecule has 0 saturated carbocycles. The van der Waals surface area contributed by atoms with Crippen molar-refractivity contribution in [2.45, 2.75) is 20.0 Å². The Bertz CT molecular complexity index is 1030. The highest BCUT2D eigenvalue weighted by Gasteiger charge is 2.15. The predicted octanol–water partition coefficient (Wildman–Crippen LogP) is 5.21. The minimum atomic E-state index is -0.795. The van der Waals surface area contributed by atoms with E-state index in [0.29, 0.717) is 27.1 Å². The zero-order chi connectivity index (χ0) is 20.8. The van der Waals surface area contributed by atoms with Crippen LogP contribution in [0.3, 0.4) is 0 Å². The summed E-state index contributed by atoms with van der Waals surface area (Å²) >= 11 is 11.9. The molecule has 2 N–H and O–H groups in total. The summed E-state index contributed by atoms with van der Waals surface area (Å²) in [5, 5.41) is 4.35. The average Bonchev–Trinajstić information content (AvgIpc) is 3.20. The van der Waals surface area contributed by atoms with Crippen molar-refractivity contribution < 1.29 is 18.8 Å². The highest BCUT2D eigenvalue weighted by molar-refractivity contribution is 6.36. The topological polar surface area (TPSA) is 87.0 Å². The molecule has 0 fully saturated rings. The fourth-order valence-electron chi connectivity index (χ4n) is 2.42. The summed E-state index contributed by atoms with van der Waals surface area (Å²) < 4.78 is 11.1. The van der Waals surface area contributed by atoms with Crippen LogP contribution in [0.2, 0.25) is 10.0 Å². The zero-order valence-corrected chi connectivity index (χ0v) is 17.0. The minimum Gasteiger partial charge on any atom is -0.486 e. The van der Waals surface area contributed by atoms with Gasteiger partial charge in [-0.1, -0.05) is 47.4 Å². The fraction of sp³-hybridized carbons (Fsp3) is 0.143. The van der Waals surface area contributed by atoms with E-state index in [9.17, 15) is 4.79 Å². The standard InChI is InChI=1S/C21H18Cl2N2O4/c1-2-13-3-6-15(7-4-13)27-12-16-8-10-19(28-16)21(26)29-25-20(24)17-9-5-14(22)11-18(17)23/h3-11H,2,12H2,1H3,(H2,24,25). The Hall–Kier alpha value is -2.96. The van der Waals surface area contributed by atoms with Gasteiger partial charge < -0.3 is 19.7 Å². The van der Waals surface area contributed by atoms with Crippen molar-refractivity contribution in [1.82, 2.24) is 0 Å². The van der Waals surface area contributed by atoms with Crippen molar-refractivity contribution in [3.8, 4) is 5.75 Å². The Morgan fingerprint density at radius 1 is 1.10 bits per heavy atom. The summed E-state index contributed by atoms with van der Waals surface area (Å²) in [6.45, 7) is 2.26. The van der Waals surface area contributed by atoms with E-state index < -0.39 is 5.97 Å². The van der Waals surface area contributed by atoms with Gasteiger partial charge in [0.05, 0.1) is 5.02 Å². The molecule has 6 nitrogen and oxygen atoms in total. The molecule has 0 saturated heterocycles. The molecule has 0 radical (unpaired) electrons. The normalized spacial score (nSPS) is 11.3. The predicted molar refractivity (Wildman–Crippen MR) is 111 cm³/mol. The number of benzene rings is 2. The summed E-state index contributed by atoms with van der Waals surface area (Å²) in [6.07, 6.45) is 0.959. The molecule has 0 spiro atoms. The van der Waals surface area contributed by atoms with Crippen LogP contribution < -0.4 is 10.5 Å². The van der Waals surface area contributed by atoms with Crippen molar-refractivity contribution >= 4 is 35.0 Å². The summed E-state index contributed by atoms with van der Waals surface area (Å²) in [5.41, 5.74) is 7.42. The van der Waals surface area contributed by atoms with E-state index in [0.717, 1.165) is 6.42 Å². The van der Waals surface area contributed by atoms with E-state index in [2.05, 4.69) is 12.1 Å². The molecule has 2 aromatic carbocycles. The molecule has 0 unspecified atom stereocenters. The van der Waals surface area contributed by atoms with Crippen LogP contribution in [0.4, 0.5) is 0 Å². The van der Waals surface area contributed by atoms with Gasteiger partial charge in [0, 0.05) is 10.6 Å². The number of oxime groups is 1. The van der Waals surface area contributed by atoms with Crippen LogP contribution in [0.25, 0.3) is 0 Å². The Labute approximate surface area is 177 Å². The lowest BCUT2D eigenvalue weighted by Gasteiger charge is -2.05. The Morgan fingerprint density at radius 3 is 2.55 bits per heavy atom. The molecule has 0 aliphatic heterocycles. The van der Waals surface area contributed by atoms with Gasteiger partial charge in [0.2, 0.25) is 5.76 Å². The first-order valence-corrected chi connectivity index (χ1v) is 9.52. The monoisotopic (exact) mass is 432 g/mol. The van der Waals surface area contributed by atoms with Crippen molar-refractivity contribution in [1.29, 1.82) is 0 Å². The van der Waals surface area contributed by atoms with Crippen LogP contribution in [-0.4, -0.2) is 11.8 Å². The van der Waals surface area contributed by atoms with Crippen molar-refractivity contribution in [2.24, 2.45) is 10.9 Å². The van der Waals surface area contributed by atoms with Crippen LogP contribution in [0.15, 0.2) is 64.2 Å². The number of rotatable bonds is 7. The van der Waals surface area contributed by atoms with Crippen LogP contribution in [0.1, 0.15) is 34.4 Å². The number of hydrogen-bond donors (Lipinski definition) is 1. The SMILES string of the molecule is CCc1ccc(OCc2ccc(C(=O)O/N=C(\N)c3ccc(Cl)cc3Cl)o2)cc1. The fourth-order valence-corrected chi connectivity index (χ4v) is 2.93. The second-order valence-corrected chi connectivity index (χ2v) is 6.88. The van der Waals surface area contributed by atoms with Gasteiger partial charge in [-0.2, -0.15) is 0 Å². The highest BCUT2D eigenvalue weighted by atomic mass is 35.5. The summed E-state index contributed by atoms with van der Waals surface area (Å²) in [4.78, 5) is 16.9. The number of carbonyl (C=O) groups is 1. The molecule has 0 atom stereocenters. The maximum absolute atomic E-state index is 12.1. The number of amidine groups is 1. The number of carbonyl (C=O) groups excluding carboxylic acids is 1. The van der Waals surface area contributed by atoms with Crippen LogP contribution in [0.5, 0.6) is 5.75 Å². The van der Waals surface area contributed by atoms with Gasteiger partial charge in [-0.3, -0.25) is 0 Å². The largest absolute Gasteiger partial charge is 0.486 e. The lowest BCUT2D eigenvalue weighted by molar-refractivity contribution is 0.0475. The molecule has 1 aromatic heterocycles. The quantitative estimate of drug-likeness (QED) is 0.239. The van der Waals surface area contributed by atoms with Crippen LogP contribution >= 0.6 is 23.2 Å². The summed E-state index contributed by atoms with van der Waals surface area (Å²) in [5.74, 6) is 0.292. The Morgan fingerprint density at radius 2 is 1.86 bits per heavy atom. The first-order chi connectivity index (χ1) is 14.0. The number of nitrogens with zero attached hydrogens (tertiary/aromatic N) is 1. The molecule has 8 heteroatoms. The lowest BCUT2D eigenvalue weighted by Crippen LogP contribution is -2.15. The zero-order valence-electron chi connectivity index (χ0n) is 15.5. The molecular formula is C21H18Cl2N2O4. The minimum absolute atomic E-state index is 0.0244. The Kier molecular flexibility index (Phi) is 6.80. The summed E-state index contributed by atoms with van der Waals surface area (Å²) in [7, 11) is 0. The van der Waals surface area contributed by atoms with Gasteiger partial charge in [-0.25, -0.2) is 4.79 Å². The van der Waals surface area contributed by atoms with Gasteiger partial charge in [0.15, 0.2) is 5.84 Å². The number of hydrogen-bond acceptors (Lipinski definition) is 5. The molecule has 1 heterocycles. The van der Waals surface area contributed by atoms with E-state index in [1.165, 1.54) is 17.7 Å². The highest BCUT2D eigenvalue weighted by Crippen LogP contribution is 2.21. The van der Waals surface area contributed by atoms with Crippen molar-refractivity contribution in [3.05, 3.63) is 87.3 Å². The number of furan rings is 1. The second kappa shape index (κ2) is 9.49. The van der Waals surface area contributed by atoms with Gasteiger partial charge >= 0.3 is 5.97 Å². The maximum atomic E-state index is 12.1. The van der Waals surface area contributed by atoms with Crippen LogP contribution in [0, 0.1) is 0 Å². The van der Waals surface area contributed by atoms with Gasteiger partial charge in [0.1, 0.15) is 18.1 Å². The lowest BCUT2D eigenvalue weighted by atomic mass is 10.2. The number of aryl methyl sites for hydroxylation is 1. The molecule has 3 aromatic rings. The Balaban J connectivity index is 1.58. The van der Waals surface area contributed by atoms with Gasteiger partial charge in [-0.15, -0.1) is 0 Å². The third-order valence-corrected chi connectivity index (χ3v) is 4.56. The molecule has 3 rings (SSSR count). The first-order valence-electron chi connectivity index (χ1n) is 8.77. The number of halogens is 2. The van der Waals surface area contributed by atoms with Gasteiger partial charge in [0.25, 0.3) is 0 Å². The van der Waals surface area contributed by atoms with E-state index in [4.69, 9.17) is 42.9 Å². The molecule has 0 aliphatic carbocycles.